The van der Waals surface area contributed by atoms with E-state index in [4.69, 9.17) is 0 Å². The molecule has 2 aliphatic heterocycles. The summed E-state index contributed by atoms with van der Waals surface area (Å²) in [5.41, 5.74) is 7.20. The number of hydrogen-bond donors (Lipinski definition) is 0. The molecule has 42 heavy (non-hydrogen) atoms. The molecule has 4 heterocycles. The molecule has 0 aliphatic carbocycles. The summed E-state index contributed by atoms with van der Waals surface area (Å²) in [6, 6.07) is 20.4. The number of rotatable bonds is 6. The van der Waals surface area contributed by atoms with Crippen LogP contribution in [-0.2, 0) is 13.1 Å². The van der Waals surface area contributed by atoms with Crippen molar-refractivity contribution in [3.05, 3.63) is 95.6 Å². The van der Waals surface area contributed by atoms with Crippen LogP contribution in [-0.4, -0.2) is 66.9 Å². The van der Waals surface area contributed by atoms with Crippen LogP contribution in [0.4, 0.5) is 0 Å². The molecule has 0 atom stereocenters. The van der Waals surface area contributed by atoms with Gasteiger partial charge in [-0.2, -0.15) is 0 Å². The molecular weight excluding hydrogens is 524 g/mol. The molecule has 2 amide bonds. The molecule has 5 aromatic rings. The van der Waals surface area contributed by atoms with Gasteiger partial charge in [0.25, 0.3) is 11.8 Å². The Labute approximate surface area is 245 Å². The Balaban J connectivity index is 1.07. The quantitative estimate of drug-likeness (QED) is 0.266. The van der Waals surface area contributed by atoms with E-state index in [1.165, 1.54) is 12.8 Å². The molecule has 0 bridgehead atoms. The van der Waals surface area contributed by atoms with E-state index in [-0.39, 0.29) is 11.8 Å². The molecule has 2 saturated heterocycles. The van der Waals surface area contributed by atoms with E-state index in [0.717, 1.165) is 85.1 Å². The van der Waals surface area contributed by atoms with E-state index in [9.17, 15) is 9.59 Å². The number of piperidine rings is 2. The number of nitrogens with zero attached hydrogens (tertiary/aromatic N) is 6. The second-order valence-corrected chi connectivity index (χ2v) is 11.6. The van der Waals surface area contributed by atoms with Gasteiger partial charge in [0.05, 0.1) is 34.8 Å². The van der Waals surface area contributed by atoms with Gasteiger partial charge in [-0.15, -0.1) is 0 Å². The summed E-state index contributed by atoms with van der Waals surface area (Å²) in [4.78, 5) is 39.7. The van der Waals surface area contributed by atoms with Crippen molar-refractivity contribution in [1.82, 2.24) is 28.9 Å². The lowest BCUT2D eigenvalue weighted by atomic mass is 10.1. The standard InChI is InChI=1S/C34H36N6O2/c41-33(37-17-3-1-4-18-37)27-9-7-11-29-31(27)35-23-39(29)21-25-13-15-26(16-14-25)22-40-24-36-32-28(10-8-12-30(32)40)34(42)38-19-5-2-6-20-38/h7-16,23-24H,1-6,17-22H2. The minimum absolute atomic E-state index is 0.0879. The summed E-state index contributed by atoms with van der Waals surface area (Å²) in [6.45, 7) is 4.66. The molecule has 0 N–H and O–H groups in total. The van der Waals surface area contributed by atoms with Gasteiger partial charge < -0.3 is 18.9 Å². The highest BCUT2D eigenvalue weighted by Crippen LogP contribution is 2.24. The average molecular weight is 561 g/mol. The Morgan fingerprint density at radius 2 is 0.952 bits per heavy atom. The van der Waals surface area contributed by atoms with Crippen LogP contribution in [0, 0.1) is 0 Å². The third-order valence-electron chi connectivity index (χ3n) is 8.78. The number of benzene rings is 3. The molecule has 214 valence electrons. The number of carbonyl (C=O) groups is 2. The Hall–Kier alpha value is -4.46. The number of amides is 2. The highest BCUT2D eigenvalue weighted by molar-refractivity contribution is 6.05. The highest BCUT2D eigenvalue weighted by Gasteiger charge is 2.23. The topological polar surface area (TPSA) is 76.3 Å². The number of hydrogen-bond acceptors (Lipinski definition) is 4. The maximum absolute atomic E-state index is 13.2. The molecular formula is C34H36N6O2. The number of fused-ring (bicyclic) bond motifs is 2. The Kier molecular flexibility index (Phi) is 7.20. The molecule has 8 nitrogen and oxygen atoms in total. The molecule has 0 spiro atoms. The number of carbonyl (C=O) groups excluding carboxylic acids is 2. The second-order valence-electron chi connectivity index (χ2n) is 11.6. The van der Waals surface area contributed by atoms with Gasteiger partial charge in [0.2, 0.25) is 0 Å². The first-order valence-electron chi connectivity index (χ1n) is 15.2. The predicted octanol–water partition coefficient (Wildman–Crippen LogP) is 5.73. The molecule has 7 rings (SSSR count). The number of imidazole rings is 2. The van der Waals surface area contributed by atoms with Crippen molar-refractivity contribution in [2.24, 2.45) is 0 Å². The lowest BCUT2D eigenvalue weighted by molar-refractivity contribution is 0.0718. The SMILES string of the molecule is O=C(c1cccc2c1ncn2Cc1ccc(Cn2cnc3c(C(=O)N4CCCCC4)cccc32)cc1)N1CCCCC1. The minimum Gasteiger partial charge on any atom is -0.339 e. The van der Waals surface area contributed by atoms with Gasteiger partial charge in [0.15, 0.2) is 0 Å². The fourth-order valence-corrected chi connectivity index (χ4v) is 6.45. The summed E-state index contributed by atoms with van der Waals surface area (Å²) >= 11 is 0. The third kappa shape index (κ3) is 5.06. The molecule has 2 aromatic heterocycles. The molecule has 0 unspecified atom stereocenters. The van der Waals surface area contributed by atoms with Crippen molar-refractivity contribution in [3.8, 4) is 0 Å². The lowest BCUT2D eigenvalue weighted by Gasteiger charge is -2.26. The van der Waals surface area contributed by atoms with Crippen LogP contribution < -0.4 is 0 Å². The van der Waals surface area contributed by atoms with Crippen molar-refractivity contribution in [2.75, 3.05) is 26.2 Å². The van der Waals surface area contributed by atoms with Gasteiger partial charge in [-0.25, -0.2) is 9.97 Å². The lowest BCUT2D eigenvalue weighted by Crippen LogP contribution is -2.35. The number of aromatic nitrogens is 4. The molecule has 2 aliphatic rings. The van der Waals surface area contributed by atoms with E-state index >= 15 is 0 Å². The zero-order chi connectivity index (χ0) is 28.5. The first kappa shape index (κ1) is 26.4. The normalized spacial score (nSPS) is 15.9. The van der Waals surface area contributed by atoms with Crippen molar-refractivity contribution in [3.63, 3.8) is 0 Å². The Bertz CT molecular complexity index is 1610. The Morgan fingerprint density at radius 3 is 1.36 bits per heavy atom. The zero-order valence-electron chi connectivity index (χ0n) is 23.9. The van der Waals surface area contributed by atoms with Crippen molar-refractivity contribution in [1.29, 1.82) is 0 Å². The Morgan fingerprint density at radius 1 is 0.548 bits per heavy atom. The maximum atomic E-state index is 13.2. The first-order valence-corrected chi connectivity index (χ1v) is 15.2. The van der Waals surface area contributed by atoms with Crippen LogP contribution in [0.2, 0.25) is 0 Å². The van der Waals surface area contributed by atoms with Crippen molar-refractivity contribution >= 4 is 33.9 Å². The van der Waals surface area contributed by atoms with E-state index in [1.807, 2.05) is 58.9 Å². The molecule has 3 aromatic carbocycles. The van der Waals surface area contributed by atoms with Crippen LogP contribution in [0.3, 0.4) is 0 Å². The summed E-state index contributed by atoms with van der Waals surface area (Å²) in [6.07, 6.45) is 10.4. The van der Waals surface area contributed by atoms with E-state index in [2.05, 4.69) is 43.4 Å². The van der Waals surface area contributed by atoms with E-state index < -0.39 is 0 Å². The summed E-state index contributed by atoms with van der Waals surface area (Å²) in [5.74, 6) is 0.176. The van der Waals surface area contributed by atoms with Gasteiger partial charge in [0, 0.05) is 39.3 Å². The van der Waals surface area contributed by atoms with Crippen molar-refractivity contribution in [2.45, 2.75) is 51.6 Å². The van der Waals surface area contributed by atoms with Crippen LogP contribution in [0.1, 0.15) is 70.4 Å². The average Bonchev–Trinajstić information content (AvgIpc) is 3.66. The van der Waals surface area contributed by atoms with Gasteiger partial charge in [-0.1, -0.05) is 36.4 Å². The van der Waals surface area contributed by atoms with Crippen LogP contribution in [0.15, 0.2) is 73.3 Å². The smallest absolute Gasteiger partial charge is 0.256 e. The first-order chi connectivity index (χ1) is 20.7. The molecule has 2 fully saturated rings. The van der Waals surface area contributed by atoms with E-state index in [1.54, 1.807) is 0 Å². The van der Waals surface area contributed by atoms with Crippen LogP contribution in [0.25, 0.3) is 22.1 Å². The van der Waals surface area contributed by atoms with Gasteiger partial charge in [-0.05, 0) is 73.9 Å². The number of para-hydroxylation sites is 2. The summed E-state index contributed by atoms with van der Waals surface area (Å²) in [5, 5.41) is 0. The van der Waals surface area contributed by atoms with Crippen molar-refractivity contribution < 1.29 is 9.59 Å². The maximum Gasteiger partial charge on any atom is 0.256 e. The summed E-state index contributed by atoms with van der Waals surface area (Å²) in [7, 11) is 0. The fourth-order valence-electron chi connectivity index (χ4n) is 6.45. The third-order valence-corrected chi connectivity index (χ3v) is 8.78. The van der Waals surface area contributed by atoms with Crippen LogP contribution in [0.5, 0.6) is 0 Å². The molecule has 0 radical (unpaired) electrons. The highest BCUT2D eigenvalue weighted by atomic mass is 16.2. The van der Waals surface area contributed by atoms with Gasteiger partial charge >= 0.3 is 0 Å². The summed E-state index contributed by atoms with van der Waals surface area (Å²) < 4.78 is 4.23. The predicted molar refractivity (Wildman–Crippen MR) is 164 cm³/mol. The monoisotopic (exact) mass is 560 g/mol. The van der Waals surface area contributed by atoms with Gasteiger partial charge in [-0.3, -0.25) is 9.59 Å². The zero-order valence-corrected chi connectivity index (χ0v) is 23.9. The molecule has 0 saturated carbocycles. The van der Waals surface area contributed by atoms with Crippen LogP contribution >= 0.6 is 0 Å². The number of likely N-dealkylation sites (tertiary alicyclic amines) is 2. The van der Waals surface area contributed by atoms with E-state index in [0.29, 0.717) is 24.2 Å². The largest absolute Gasteiger partial charge is 0.339 e. The van der Waals surface area contributed by atoms with Gasteiger partial charge in [0.1, 0.15) is 11.0 Å². The molecule has 8 heteroatoms. The fraction of sp³-hybridized carbons (Fsp3) is 0.353. The minimum atomic E-state index is 0.0879. The second kappa shape index (κ2) is 11.4.